The number of carbonyl (C=O) groups excluding carboxylic acids is 1. The van der Waals surface area contributed by atoms with E-state index in [9.17, 15) is 19.1 Å². The van der Waals surface area contributed by atoms with Crippen LogP contribution in [0.2, 0.25) is 0 Å². The maximum atomic E-state index is 13.7. The molecule has 3 rings (SSSR count). The zero-order valence-electron chi connectivity index (χ0n) is 13.6. The number of aromatic hydroxyl groups is 1. The van der Waals surface area contributed by atoms with Gasteiger partial charge >= 0.3 is 0 Å². The number of amides is 1. The third kappa shape index (κ3) is 3.25. The Morgan fingerprint density at radius 2 is 1.88 bits per heavy atom. The molecule has 0 aliphatic rings. The lowest BCUT2D eigenvalue weighted by atomic mass is 10.2. The fourth-order valence-corrected chi connectivity index (χ4v) is 2.33. The monoisotopic (exact) mass is 355 g/mol. The molecule has 0 saturated heterocycles. The first-order valence-electron chi connectivity index (χ1n) is 7.54. The summed E-state index contributed by atoms with van der Waals surface area (Å²) in [5.74, 6) is -1.77. The summed E-state index contributed by atoms with van der Waals surface area (Å²) in [6.07, 6.45) is 0. The number of anilines is 1. The van der Waals surface area contributed by atoms with Crippen LogP contribution in [-0.4, -0.2) is 27.9 Å². The molecule has 132 valence electrons. The molecule has 0 bridgehead atoms. The SMILES string of the molecule is COc1ccccc1-n1nc(C(=O)Nc2ccccc2F)c(O)cc1=O. The van der Waals surface area contributed by atoms with Crippen LogP contribution in [0.4, 0.5) is 10.1 Å². The van der Waals surface area contributed by atoms with E-state index < -0.39 is 28.7 Å². The summed E-state index contributed by atoms with van der Waals surface area (Å²) in [7, 11) is 1.43. The first-order chi connectivity index (χ1) is 12.5. The number of nitrogens with zero attached hydrogens (tertiary/aromatic N) is 2. The van der Waals surface area contributed by atoms with Crippen molar-refractivity contribution in [2.75, 3.05) is 12.4 Å². The molecule has 0 aliphatic carbocycles. The highest BCUT2D eigenvalue weighted by atomic mass is 19.1. The molecular formula is C18H14FN3O4. The molecule has 2 aromatic carbocycles. The Bertz CT molecular complexity index is 1030. The van der Waals surface area contributed by atoms with Crippen molar-refractivity contribution < 1.29 is 19.0 Å². The van der Waals surface area contributed by atoms with Crippen LogP contribution in [0, 0.1) is 5.82 Å². The van der Waals surface area contributed by atoms with Gasteiger partial charge in [0.25, 0.3) is 11.5 Å². The number of halogens is 1. The topological polar surface area (TPSA) is 93.5 Å². The Morgan fingerprint density at radius 1 is 1.19 bits per heavy atom. The second kappa shape index (κ2) is 7.06. The average Bonchev–Trinajstić information content (AvgIpc) is 2.63. The maximum Gasteiger partial charge on any atom is 0.280 e. The summed E-state index contributed by atoms with van der Waals surface area (Å²) < 4.78 is 19.8. The molecular weight excluding hydrogens is 341 g/mol. The maximum absolute atomic E-state index is 13.7. The second-order valence-corrected chi connectivity index (χ2v) is 5.23. The average molecular weight is 355 g/mol. The van der Waals surface area contributed by atoms with E-state index in [1.807, 2.05) is 0 Å². The molecule has 26 heavy (non-hydrogen) atoms. The minimum atomic E-state index is -0.865. The number of hydrogen-bond acceptors (Lipinski definition) is 5. The summed E-state index contributed by atoms with van der Waals surface area (Å²) in [5, 5.41) is 16.2. The van der Waals surface area contributed by atoms with Gasteiger partial charge in [0.05, 0.1) is 12.8 Å². The normalized spacial score (nSPS) is 10.4. The summed E-state index contributed by atoms with van der Waals surface area (Å²) in [6.45, 7) is 0. The number of carbonyl (C=O) groups is 1. The molecule has 3 aromatic rings. The minimum absolute atomic E-state index is 0.0752. The van der Waals surface area contributed by atoms with Crippen LogP contribution in [0.5, 0.6) is 11.5 Å². The molecule has 0 unspecified atom stereocenters. The molecule has 0 radical (unpaired) electrons. The van der Waals surface area contributed by atoms with Crippen LogP contribution < -0.4 is 15.6 Å². The lowest BCUT2D eigenvalue weighted by Crippen LogP contribution is -2.25. The van der Waals surface area contributed by atoms with Crippen molar-refractivity contribution in [1.82, 2.24) is 9.78 Å². The van der Waals surface area contributed by atoms with E-state index in [-0.39, 0.29) is 5.69 Å². The number of hydrogen-bond donors (Lipinski definition) is 2. The van der Waals surface area contributed by atoms with E-state index in [2.05, 4.69) is 10.4 Å². The smallest absolute Gasteiger partial charge is 0.280 e. The quantitative estimate of drug-likeness (QED) is 0.749. The van der Waals surface area contributed by atoms with E-state index in [1.165, 1.54) is 25.3 Å². The number of benzene rings is 2. The summed E-state index contributed by atoms with van der Waals surface area (Å²) in [4.78, 5) is 24.6. The van der Waals surface area contributed by atoms with Crippen LogP contribution >= 0.6 is 0 Å². The Morgan fingerprint density at radius 3 is 2.62 bits per heavy atom. The largest absolute Gasteiger partial charge is 0.505 e. The molecule has 0 fully saturated rings. The summed E-state index contributed by atoms with van der Waals surface area (Å²) in [6, 6.07) is 13.0. The second-order valence-electron chi connectivity index (χ2n) is 5.23. The van der Waals surface area contributed by atoms with Crippen LogP contribution in [0.1, 0.15) is 10.5 Å². The Labute approximate surface area is 147 Å². The van der Waals surface area contributed by atoms with Crippen molar-refractivity contribution in [3.8, 4) is 17.2 Å². The highest BCUT2D eigenvalue weighted by Crippen LogP contribution is 2.22. The molecule has 2 N–H and O–H groups in total. The number of para-hydroxylation sites is 3. The van der Waals surface area contributed by atoms with Crippen molar-refractivity contribution >= 4 is 11.6 Å². The zero-order valence-corrected chi connectivity index (χ0v) is 13.6. The van der Waals surface area contributed by atoms with Gasteiger partial charge in [0, 0.05) is 6.07 Å². The number of nitrogens with one attached hydrogen (secondary N) is 1. The van der Waals surface area contributed by atoms with E-state index in [0.29, 0.717) is 11.4 Å². The predicted molar refractivity (Wildman–Crippen MR) is 92.4 cm³/mol. The number of rotatable bonds is 4. The molecule has 1 amide bonds. The van der Waals surface area contributed by atoms with Gasteiger partial charge in [0.1, 0.15) is 17.3 Å². The van der Waals surface area contributed by atoms with Crippen molar-refractivity contribution in [1.29, 1.82) is 0 Å². The molecule has 1 heterocycles. The Kier molecular flexibility index (Phi) is 4.66. The molecule has 0 aliphatic heterocycles. The lowest BCUT2D eigenvalue weighted by molar-refractivity contribution is 0.101. The number of ether oxygens (including phenoxy) is 1. The third-order valence-corrected chi connectivity index (χ3v) is 3.56. The number of methoxy groups -OCH3 is 1. The van der Waals surface area contributed by atoms with E-state index in [4.69, 9.17) is 4.74 Å². The lowest BCUT2D eigenvalue weighted by Gasteiger charge is -2.12. The van der Waals surface area contributed by atoms with Gasteiger partial charge in [-0.3, -0.25) is 9.59 Å². The van der Waals surface area contributed by atoms with E-state index >= 15 is 0 Å². The van der Waals surface area contributed by atoms with Gasteiger partial charge < -0.3 is 15.2 Å². The first kappa shape index (κ1) is 17.2. The fraction of sp³-hybridized carbons (Fsp3) is 0.0556. The first-order valence-corrected chi connectivity index (χ1v) is 7.54. The predicted octanol–water partition coefficient (Wildman–Crippen LogP) is 2.34. The zero-order chi connectivity index (χ0) is 18.7. The molecule has 7 nitrogen and oxygen atoms in total. The number of aromatic nitrogens is 2. The molecule has 0 spiro atoms. The highest BCUT2D eigenvalue weighted by Gasteiger charge is 2.19. The molecule has 0 atom stereocenters. The van der Waals surface area contributed by atoms with Gasteiger partial charge in [0.15, 0.2) is 11.4 Å². The molecule has 0 saturated carbocycles. The summed E-state index contributed by atoms with van der Waals surface area (Å²) in [5.41, 5.74) is -0.873. The summed E-state index contributed by atoms with van der Waals surface area (Å²) >= 11 is 0. The van der Waals surface area contributed by atoms with Gasteiger partial charge in [-0.1, -0.05) is 24.3 Å². The van der Waals surface area contributed by atoms with Crippen LogP contribution in [0.25, 0.3) is 5.69 Å². The van der Waals surface area contributed by atoms with Gasteiger partial charge in [0.2, 0.25) is 0 Å². The van der Waals surface area contributed by atoms with E-state index in [0.717, 1.165) is 10.7 Å². The fourth-order valence-electron chi connectivity index (χ4n) is 2.33. The van der Waals surface area contributed by atoms with Gasteiger partial charge in [-0.25, -0.2) is 4.39 Å². The van der Waals surface area contributed by atoms with Gasteiger partial charge in [-0.15, -0.1) is 0 Å². The third-order valence-electron chi connectivity index (χ3n) is 3.56. The molecule has 8 heteroatoms. The van der Waals surface area contributed by atoms with E-state index in [1.54, 1.807) is 30.3 Å². The Hall–Kier alpha value is -3.68. The van der Waals surface area contributed by atoms with Crippen LogP contribution in [-0.2, 0) is 0 Å². The van der Waals surface area contributed by atoms with Crippen molar-refractivity contribution in [3.63, 3.8) is 0 Å². The van der Waals surface area contributed by atoms with Crippen molar-refractivity contribution in [2.24, 2.45) is 0 Å². The standard InChI is InChI=1S/C18H14FN3O4/c1-26-15-9-5-4-8-13(15)22-16(24)10-14(23)17(21-22)18(25)20-12-7-3-2-6-11(12)19/h2-10,23H,1H3,(H,20,25). The highest BCUT2D eigenvalue weighted by molar-refractivity contribution is 6.04. The van der Waals surface area contributed by atoms with Crippen LogP contribution in [0.3, 0.4) is 0 Å². The van der Waals surface area contributed by atoms with Gasteiger partial charge in [-0.05, 0) is 24.3 Å². The van der Waals surface area contributed by atoms with Crippen LogP contribution in [0.15, 0.2) is 59.4 Å². The van der Waals surface area contributed by atoms with Gasteiger partial charge in [-0.2, -0.15) is 9.78 Å². The molecule has 1 aromatic heterocycles. The minimum Gasteiger partial charge on any atom is -0.505 e. The Balaban J connectivity index is 2.05. The van der Waals surface area contributed by atoms with Crippen molar-refractivity contribution in [3.05, 3.63) is 76.5 Å². The van der Waals surface area contributed by atoms with Crippen molar-refractivity contribution in [2.45, 2.75) is 0 Å².